The zero-order chi connectivity index (χ0) is 17.1. The van der Waals surface area contributed by atoms with E-state index in [2.05, 4.69) is 10.3 Å². The number of nitrogens with one attached hydrogen (secondary N) is 1. The molecule has 1 N–H and O–H groups in total. The van der Waals surface area contributed by atoms with Crippen LogP contribution in [0.3, 0.4) is 0 Å². The fourth-order valence-electron chi connectivity index (χ4n) is 2.03. The number of nitrogens with zero attached hydrogens (tertiary/aromatic N) is 2. The molecular formula is C16H10ClN3O4. The number of para-hydroxylation sites is 2. The number of fused-ring (bicyclic) bond motifs is 1. The maximum absolute atomic E-state index is 11.3. The summed E-state index contributed by atoms with van der Waals surface area (Å²) in [5, 5.41) is 13.7. The van der Waals surface area contributed by atoms with Gasteiger partial charge < -0.3 is 9.73 Å². The molecule has 0 aliphatic carbocycles. The van der Waals surface area contributed by atoms with E-state index in [0.717, 1.165) is 0 Å². The molecular weight excluding hydrogens is 334 g/mol. The minimum atomic E-state index is -0.541. The van der Waals surface area contributed by atoms with Crippen LogP contribution in [0.25, 0.3) is 16.7 Å². The monoisotopic (exact) mass is 343 g/mol. The Kier molecular flexibility index (Phi) is 4.26. The summed E-state index contributed by atoms with van der Waals surface area (Å²) < 4.78 is 5.52. The highest BCUT2D eigenvalue weighted by Gasteiger charge is 2.12. The van der Waals surface area contributed by atoms with E-state index in [0.29, 0.717) is 23.1 Å². The van der Waals surface area contributed by atoms with Crippen LogP contribution in [-0.4, -0.2) is 16.2 Å². The molecule has 8 heteroatoms. The van der Waals surface area contributed by atoms with Crippen LogP contribution in [0, 0.1) is 10.1 Å². The highest BCUT2D eigenvalue weighted by molar-refractivity contribution is 6.33. The van der Waals surface area contributed by atoms with E-state index in [1.807, 2.05) is 6.07 Å². The Morgan fingerprint density at radius 2 is 2.08 bits per heavy atom. The summed E-state index contributed by atoms with van der Waals surface area (Å²) in [5.41, 5.74) is 1.67. The quantitative estimate of drug-likeness (QED) is 0.325. The highest BCUT2D eigenvalue weighted by Crippen LogP contribution is 2.27. The molecule has 2 aromatic carbocycles. The summed E-state index contributed by atoms with van der Waals surface area (Å²) in [5.74, 6) is 0.164. The standard InChI is InChI=1S/C16H10ClN3O4/c17-12-7-11(20(22)23)5-6-13(12)18-8-10(9-21)16-19-14-3-1-2-4-15(14)24-16/h1-9,18H. The van der Waals surface area contributed by atoms with Gasteiger partial charge in [-0.25, -0.2) is 4.98 Å². The molecule has 0 saturated carbocycles. The molecule has 7 nitrogen and oxygen atoms in total. The molecule has 0 aliphatic heterocycles. The van der Waals surface area contributed by atoms with Crippen molar-refractivity contribution in [1.29, 1.82) is 0 Å². The third-order valence-corrected chi connectivity index (χ3v) is 3.53. The predicted molar refractivity (Wildman–Crippen MR) is 89.8 cm³/mol. The van der Waals surface area contributed by atoms with Crippen molar-refractivity contribution in [3.63, 3.8) is 0 Å². The van der Waals surface area contributed by atoms with Crippen molar-refractivity contribution in [2.24, 2.45) is 0 Å². The molecule has 0 bridgehead atoms. The number of aromatic nitrogens is 1. The lowest BCUT2D eigenvalue weighted by molar-refractivity contribution is -0.384. The van der Waals surface area contributed by atoms with Gasteiger partial charge in [-0.15, -0.1) is 0 Å². The lowest BCUT2D eigenvalue weighted by Gasteiger charge is -2.04. The van der Waals surface area contributed by atoms with Gasteiger partial charge in [-0.1, -0.05) is 23.7 Å². The van der Waals surface area contributed by atoms with Crippen LogP contribution in [0.4, 0.5) is 11.4 Å². The van der Waals surface area contributed by atoms with Crippen molar-refractivity contribution < 1.29 is 14.1 Å². The zero-order valence-corrected chi connectivity index (χ0v) is 12.9. The van der Waals surface area contributed by atoms with Gasteiger partial charge in [-0.3, -0.25) is 14.9 Å². The van der Waals surface area contributed by atoms with Crippen molar-refractivity contribution in [1.82, 2.24) is 4.98 Å². The largest absolute Gasteiger partial charge is 0.436 e. The summed E-state index contributed by atoms with van der Waals surface area (Å²) in [6.07, 6.45) is 1.97. The van der Waals surface area contributed by atoms with Crippen LogP contribution in [0.15, 0.2) is 53.1 Å². The summed E-state index contributed by atoms with van der Waals surface area (Å²) in [7, 11) is 0. The highest BCUT2D eigenvalue weighted by atomic mass is 35.5. The van der Waals surface area contributed by atoms with Crippen LogP contribution >= 0.6 is 11.6 Å². The first-order valence-corrected chi connectivity index (χ1v) is 7.18. The number of carbonyl (C=O) groups excluding carboxylic acids is 1. The van der Waals surface area contributed by atoms with Crippen LogP contribution in [0.5, 0.6) is 0 Å². The first kappa shape index (κ1) is 15.7. The fraction of sp³-hybridized carbons (Fsp3) is 0. The number of halogens is 1. The Hall–Kier alpha value is -3.19. The summed E-state index contributed by atoms with van der Waals surface area (Å²) >= 11 is 5.99. The second-order valence-corrected chi connectivity index (χ2v) is 5.18. The minimum Gasteiger partial charge on any atom is -0.436 e. The van der Waals surface area contributed by atoms with E-state index in [-0.39, 0.29) is 22.2 Å². The molecule has 3 rings (SSSR count). The number of rotatable bonds is 5. The molecule has 0 amide bonds. The van der Waals surface area contributed by atoms with Gasteiger partial charge in [-0.05, 0) is 18.2 Å². The van der Waals surface area contributed by atoms with Gasteiger partial charge in [0, 0.05) is 18.3 Å². The van der Waals surface area contributed by atoms with Gasteiger partial charge in [0.2, 0.25) is 5.89 Å². The van der Waals surface area contributed by atoms with Gasteiger partial charge in [0.1, 0.15) is 5.52 Å². The van der Waals surface area contributed by atoms with E-state index in [1.165, 1.54) is 24.4 Å². The SMILES string of the molecule is O=CC(=CNc1ccc([N+](=O)[O-])cc1Cl)c1nc2ccccc2o1. The van der Waals surface area contributed by atoms with Crippen molar-refractivity contribution in [3.05, 3.63) is 69.7 Å². The smallest absolute Gasteiger partial charge is 0.271 e. The van der Waals surface area contributed by atoms with Crippen LogP contribution in [0.2, 0.25) is 5.02 Å². The van der Waals surface area contributed by atoms with E-state index in [1.54, 1.807) is 18.2 Å². The average molecular weight is 344 g/mol. The summed E-state index contributed by atoms with van der Waals surface area (Å²) in [6.45, 7) is 0. The van der Waals surface area contributed by atoms with Crippen molar-refractivity contribution in [2.45, 2.75) is 0 Å². The number of oxazole rings is 1. The number of nitro benzene ring substituents is 1. The van der Waals surface area contributed by atoms with E-state index >= 15 is 0 Å². The van der Waals surface area contributed by atoms with Gasteiger partial charge >= 0.3 is 0 Å². The Labute approximate surface area is 140 Å². The second-order valence-electron chi connectivity index (χ2n) is 4.77. The molecule has 3 aromatic rings. The number of allylic oxidation sites excluding steroid dienone is 1. The average Bonchev–Trinajstić information content (AvgIpc) is 3.00. The molecule has 0 saturated heterocycles. The number of non-ortho nitro benzene ring substituents is 1. The van der Waals surface area contributed by atoms with Gasteiger partial charge in [0.25, 0.3) is 5.69 Å². The Balaban J connectivity index is 1.88. The lowest BCUT2D eigenvalue weighted by Crippen LogP contribution is -1.95. The summed E-state index contributed by atoms with van der Waals surface area (Å²) in [4.78, 5) is 25.7. The van der Waals surface area contributed by atoms with Crippen molar-refractivity contribution >= 4 is 45.9 Å². The van der Waals surface area contributed by atoms with Gasteiger partial charge in [0.15, 0.2) is 11.9 Å². The molecule has 0 fully saturated rings. The molecule has 120 valence electrons. The van der Waals surface area contributed by atoms with E-state index in [4.69, 9.17) is 16.0 Å². The number of benzene rings is 2. The molecule has 1 heterocycles. The lowest BCUT2D eigenvalue weighted by atomic mass is 10.2. The zero-order valence-electron chi connectivity index (χ0n) is 12.1. The van der Waals surface area contributed by atoms with Crippen molar-refractivity contribution in [3.8, 4) is 0 Å². The molecule has 0 spiro atoms. The molecule has 24 heavy (non-hydrogen) atoms. The molecule has 0 aliphatic rings. The molecule has 1 aromatic heterocycles. The topological polar surface area (TPSA) is 98.3 Å². The number of carbonyl (C=O) groups is 1. The Morgan fingerprint density at radius 1 is 1.29 bits per heavy atom. The first-order valence-electron chi connectivity index (χ1n) is 6.80. The van der Waals surface area contributed by atoms with Crippen molar-refractivity contribution in [2.75, 3.05) is 5.32 Å². The predicted octanol–water partition coefficient (Wildman–Crippen LogP) is 4.04. The fourth-order valence-corrected chi connectivity index (χ4v) is 2.26. The van der Waals surface area contributed by atoms with Crippen LogP contribution < -0.4 is 5.32 Å². The van der Waals surface area contributed by atoms with Gasteiger partial charge in [-0.2, -0.15) is 0 Å². The van der Waals surface area contributed by atoms with Crippen LogP contribution in [-0.2, 0) is 4.79 Å². The molecule has 0 atom stereocenters. The number of hydrogen-bond donors (Lipinski definition) is 1. The number of hydrogen-bond acceptors (Lipinski definition) is 6. The number of nitro groups is 1. The maximum atomic E-state index is 11.3. The second kappa shape index (κ2) is 6.51. The Morgan fingerprint density at radius 3 is 2.75 bits per heavy atom. The normalized spacial score (nSPS) is 11.5. The van der Waals surface area contributed by atoms with Crippen LogP contribution in [0.1, 0.15) is 5.89 Å². The third kappa shape index (κ3) is 3.11. The molecule has 0 unspecified atom stereocenters. The Bertz CT molecular complexity index is 932. The van der Waals surface area contributed by atoms with E-state index in [9.17, 15) is 14.9 Å². The van der Waals surface area contributed by atoms with E-state index < -0.39 is 4.92 Å². The minimum absolute atomic E-state index is 0.121. The summed E-state index contributed by atoms with van der Waals surface area (Å²) in [6, 6.07) is 11.1. The number of anilines is 1. The number of aldehydes is 1. The third-order valence-electron chi connectivity index (χ3n) is 3.21. The maximum Gasteiger partial charge on any atom is 0.271 e. The first-order chi connectivity index (χ1) is 11.6. The molecule has 0 radical (unpaired) electrons. The van der Waals surface area contributed by atoms with Gasteiger partial charge in [0.05, 0.1) is 21.2 Å².